The molecule has 0 saturated heterocycles. The van der Waals surface area contributed by atoms with Gasteiger partial charge in [0.1, 0.15) is 12.4 Å². The summed E-state index contributed by atoms with van der Waals surface area (Å²) in [5.41, 5.74) is 1.99. The molecule has 7 nitrogen and oxygen atoms in total. The van der Waals surface area contributed by atoms with Crippen molar-refractivity contribution in [3.8, 4) is 17.4 Å². The lowest BCUT2D eigenvalue weighted by Crippen LogP contribution is -2.25. The first-order chi connectivity index (χ1) is 15.5. The number of carbonyl (C=O) groups is 1. The molecule has 0 radical (unpaired) electrons. The second-order valence-corrected chi connectivity index (χ2v) is 7.73. The minimum Gasteiger partial charge on any atom is -0.489 e. The fourth-order valence-corrected chi connectivity index (χ4v) is 3.55. The third-order valence-corrected chi connectivity index (χ3v) is 5.10. The van der Waals surface area contributed by atoms with Crippen molar-refractivity contribution >= 4 is 27.9 Å². The van der Waals surface area contributed by atoms with Crippen molar-refractivity contribution in [3.05, 3.63) is 76.3 Å². The molecule has 0 unspecified atom stereocenters. The summed E-state index contributed by atoms with van der Waals surface area (Å²) in [6.07, 6.45) is -1.40. The number of hydrogen-bond donors (Lipinski definition) is 1. The minimum atomic E-state index is -1.40. The van der Waals surface area contributed by atoms with E-state index < -0.39 is 6.16 Å². The van der Waals surface area contributed by atoms with E-state index in [1.807, 2.05) is 67.3 Å². The van der Waals surface area contributed by atoms with E-state index in [9.17, 15) is 4.79 Å². The van der Waals surface area contributed by atoms with E-state index in [1.165, 1.54) is 0 Å². The van der Waals surface area contributed by atoms with E-state index in [2.05, 4.69) is 20.9 Å². The van der Waals surface area contributed by atoms with Crippen LogP contribution in [0.1, 0.15) is 25.0 Å². The second-order valence-electron chi connectivity index (χ2n) is 6.81. The molecule has 1 N–H and O–H groups in total. The number of carboxylic acid groups (broad SMARTS) is 1. The predicted octanol–water partition coefficient (Wildman–Crippen LogP) is 5.91. The quantitative estimate of drug-likeness (QED) is 0.346. The van der Waals surface area contributed by atoms with Crippen LogP contribution in [0, 0.1) is 0 Å². The van der Waals surface area contributed by atoms with E-state index >= 15 is 0 Å². The highest BCUT2D eigenvalue weighted by atomic mass is 79.9. The summed E-state index contributed by atoms with van der Waals surface area (Å²) in [5.74, 6) is 1.66. The van der Waals surface area contributed by atoms with Crippen LogP contribution in [-0.2, 0) is 13.2 Å². The minimum absolute atomic E-state index is 0.143. The molecule has 0 bridgehead atoms. The molecule has 1 heterocycles. The summed E-state index contributed by atoms with van der Waals surface area (Å²) in [7, 11) is 0. The lowest BCUT2D eigenvalue weighted by molar-refractivity contribution is 0.144. The summed E-state index contributed by atoms with van der Waals surface area (Å²) in [6, 6.07) is 18.9. The topological polar surface area (TPSA) is 81.1 Å². The highest BCUT2D eigenvalue weighted by Gasteiger charge is 2.19. The van der Waals surface area contributed by atoms with Gasteiger partial charge in [-0.05, 0) is 43.7 Å². The molecule has 168 valence electrons. The molecule has 3 aromatic rings. The van der Waals surface area contributed by atoms with Crippen molar-refractivity contribution in [1.82, 2.24) is 4.98 Å². The molecular weight excluding hydrogens is 476 g/mol. The largest absolute Gasteiger partial charge is 0.511 e. The number of rotatable bonds is 10. The van der Waals surface area contributed by atoms with Gasteiger partial charge in [-0.25, -0.2) is 4.79 Å². The molecule has 0 saturated carbocycles. The van der Waals surface area contributed by atoms with Crippen LogP contribution >= 0.6 is 15.9 Å². The Kier molecular flexibility index (Phi) is 8.33. The van der Waals surface area contributed by atoms with Crippen LogP contribution in [0.25, 0.3) is 0 Å². The third-order valence-electron chi connectivity index (χ3n) is 4.61. The molecular formula is C24H25BrN2O5. The average Bonchev–Trinajstić information content (AvgIpc) is 2.78. The van der Waals surface area contributed by atoms with Gasteiger partial charge in [0.15, 0.2) is 11.6 Å². The van der Waals surface area contributed by atoms with Gasteiger partial charge in [0.05, 0.1) is 6.61 Å². The Bertz CT molecular complexity index is 1050. The van der Waals surface area contributed by atoms with E-state index in [1.54, 1.807) is 12.1 Å². The second kappa shape index (κ2) is 11.4. The van der Waals surface area contributed by atoms with Gasteiger partial charge in [-0.15, -0.1) is 0 Å². The van der Waals surface area contributed by atoms with Crippen LogP contribution in [0.3, 0.4) is 0 Å². The SMILES string of the molecule is CCOc1ccc(OC(=O)O)c(N(CC)Cc2cc(Br)ccc2OCc2ccccc2)n1. The molecule has 0 spiro atoms. The van der Waals surface area contributed by atoms with Crippen LogP contribution in [0.5, 0.6) is 17.4 Å². The maximum Gasteiger partial charge on any atom is 0.511 e. The van der Waals surface area contributed by atoms with Gasteiger partial charge in [0.2, 0.25) is 5.88 Å². The molecule has 0 atom stereocenters. The van der Waals surface area contributed by atoms with Gasteiger partial charge in [0.25, 0.3) is 0 Å². The molecule has 1 aromatic heterocycles. The molecule has 0 aliphatic rings. The van der Waals surface area contributed by atoms with Crippen molar-refractivity contribution in [2.75, 3.05) is 18.1 Å². The number of anilines is 1. The van der Waals surface area contributed by atoms with Gasteiger partial charge >= 0.3 is 6.16 Å². The van der Waals surface area contributed by atoms with E-state index in [0.717, 1.165) is 21.3 Å². The maximum atomic E-state index is 11.2. The van der Waals surface area contributed by atoms with Crippen molar-refractivity contribution < 1.29 is 24.1 Å². The number of pyridine rings is 1. The van der Waals surface area contributed by atoms with Gasteiger partial charge in [-0.2, -0.15) is 4.98 Å². The van der Waals surface area contributed by atoms with Crippen molar-refractivity contribution in [2.24, 2.45) is 0 Å². The number of hydrogen-bond acceptors (Lipinski definition) is 6. The smallest absolute Gasteiger partial charge is 0.489 e. The monoisotopic (exact) mass is 500 g/mol. The highest BCUT2D eigenvalue weighted by Crippen LogP contribution is 2.32. The number of ether oxygens (including phenoxy) is 3. The van der Waals surface area contributed by atoms with E-state index in [-0.39, 0.29) is 5.75 Å². The predicted molar refractivity (Wildman–Crippen MR) is 126 cm³/mol. The molecule has 0 aliphatic heterocycles. The molecule has 0 amide bonds. The first-order valence-electron chi connectivity index (χ1n) is 10.2. The summed E-state index contributed by atoms with van der Waals surface area (Å²) in [4.78, 5) is 17.6. The van der Waals surface area contributed by atoms with Crippen molar-refractivity contribution in [3.63, 3.8) is 0 Å². The molecule has 0 aliphatic carbocycles. The Morgan fingerprint density at radius 1 is 1.03 bits per heavy atom. The Balaban J connectivity index is 1.90. The lowest BCUT2D eigenvalue weighted by Gasteiger charge is -2.25. The first-order valence-corrected chi connectivity index (χ1v) is 11.0. The number of nitrogens with zero attached hydrogens (tertiary/aromatic N) is 2. The van der Waals surface area contributed by atoms with Crippen LogP contribution in [0.4, 0.5) is 10.6 Å². The molecule has 0 fully saturated rings. The van der Waals surface area contributed by atoms with Crippen LogP contribution in [0.15, 0.2) is 65.1 Å². The standard InChI is InChI=1S/C24H25BrN2O5/c1-3-27(23-21(32-24(28)29)12-13-22(26-23)30-4-2)15-18-14-19(25)10-11-20(18)31-16-17-8-6-5-7-9-17/h5-14H,3-4,15-16H2,1-2H3,(H,28,29). The van der Waals surface area contributed by atoms with Crippen LogP contribution in [-0.4, -0.2) is 29.4 Å². The number of halogens is 1. The van der Waals surface area contributed by atoms with Gasteiger partial charge in [0, 0.05) is 29.2 Å². The average molecular weight is 501 g/mol. The first kappa shape index (κ1) is 23.4. The molecule has 32 heavy (non-hydrogen) atoms. The summed E-state index contributed by atoms with van der Waals surface area (Å²) >= 11 is 3.53. The zero-order valence-electron chi connectivity index (χ0n) is 18.0. The van der Waals surface area contributed by atoms with Crippen LogP contribution < -0.4 is 19.1 Å². The Morgan fingerprint density at radius 3 is 2.47 bits per heavy atom. The Hall–Kier alpha value is -3.26. The van der Waals surface area contributed by atoms with Crippen LogP contribution in [0.2, 0.25) is 0 Å². The summed E-state index contributed by atoms with van der Waals surface area (Å²) in [5, 5.41) is 9.14. The molecule has 8 heteroatoms. The summed E-state index contributed by atoms with van der Waals surface area (Å²) < 4.78 is 17.5. The summed E-state index contributed by atoms with van der Waals surface area (Å²) in [6.45, 7) is 5.69. The van der Waals surface area contributed by atoms with E-state index in [4.69, 9.17) is 19.3 Å². The zero-order chi connectivity index (χ0) is 22.9. The normalized spacial score (nSPS) is 10.5. The lowest BCUT2D eigenvalue weighted by atomic mass is 10.1. The van der Waals surface area contributed by atoms with E-state index in [0.29, 0.717) is 38.0 Å². The van der Waals surface area contributed by atoms with Gasteiger partial charge in [-0.1, -0.05) is 46.3 Å². The maximum absolute atomic E-state index is 11.2. The fourth-order valence-electron chi connectivity index (χ4n) is 3.14. The van der Waals surface area contributed by atoms with Gasteiger partial charge in [-0.3, -0.25) is 0 Å². The van der Waals surface area contributed by atoms with Gasteiger partial charge < -0.3 is 24.2 Å². The Labute approximate surface area is 195 Å². The number of aromatic nitrogens is 1. The zero-order valence-corrected chi connectivity index (χ0v) is 19.5. The molecule has 3 rings (SSSR count). The van der Waals surface area contributed by atoms with Crippen molar-refractivity contribution in [1.29, 1.82) is 0 Å². The highest BCUT2D eigenvalue weighted by molar-refractivity contribution is 9.10. The fraction of sp³-hybridized carbons (Fsp3) is 0.250. The molecule has 2 aromatic carbocycles. The Morgan fingerprint density at radius 2 is 1.78 bits per heavy atom. The number of benzene rings is 2. The third kappa shape index (κ3) is 6.37. The van der Waals surface area contributed by atoms with Crippen molar-refractivity contribution in [2.45, 2.75) is 27.0 Å².